The topological polar surface area (TPSA) is 115 Å². The Kier molecular flexibility index (Phi) is 3.70. The van der Waals surface area contributed by atoms with E-state index in [0.29, 0.717) is 5.69 Å². The smallest absolute Gasteiger partial charge is 0.293 e. The lowest BCUT2D eigenvalue weighted by Crippen LogP contribution is -2.05. The van der Waals surface area contributed by atoms with Crippen molar-refractivity contribution in [3.8, 4) is 0 Å². The predicted molar refractivity (Wildman–Crippen MR) is 70.0 cm³/mol. The highest BCUT2D eigenvalue weighted by atomic mass is 32.2. The molecule has 0 saturated heterocycles. The SMILES string of the molecule is CS(=O)(=O)c1ccc(NCc2ccon2)c([N+](=O)[O-])c1. The van der Waals surface area contributed by atoms with Gasteiger partial charge in [0.2, 0.25) is 0 Å². The molecule has 106 valence electrons. The van der Waals surface area contributed by atoms with E-state index in [1.54, 1.807) is 6.07 Å². The van der Waals surface area contributed by atoms with Crippen LogP contribution in [-0.4, -0.2) is 24.8 Å². The zero-order valence-corrected chi connectivity index (χ0v) is 11.3. The quantitative estimate of drug-likeness (QED) is 0.658. The van der Waals surface area contributed by atoms with Gasteiger partial charge in [-0.05, 0) is 12.1 Å². The van der Waals surface area contributed by atoms with Gasteiger partial charge in [-0.1, -0.05) is 5.16 Å². The van der Waals surface area contributed by atoms with Gasteiger partial charge in [0.15, 0.2) is 9.84 Å². The van der Waals surface area contributed by atoms with Gasteiger partial charge in [0.1, 0.15) is 17.6 Å². The lowest BCUT2D eigenvalue weighted by atomic mass is 10.2. The molecule has 9 heteroatoms. The second-order valence-electron chi connectivity index (χ2n) is 4.05. The van der Waals surface area contributed by atoms with E-state index >= 15 is 0 Å². The highest BCUT2D eigenvalue weighted by Crippen LogP contribution is 2.27. The summed E-state index contributed by atoms with van der Waals surface area (Å²) in [5.74, 6) is 0. The molecule has 0 saturated carbocycles. The van der Waals surface area contributed by atoms with Crippen LogP contribution in [-0.2, 0) is 16.4 Å². The predicted octanol–water partition coefficient (Wildman–Crippen LogP) is 1.60. The van der Waals surface area contributed by atoms with Crippen LogP contribution in [0.4, 0.5) is 11.4 Å². The number of nitrogens with zero attached hydrogens (tertiary/aromatic N) is 2. The summed E-state index contributed by atoms with van der Waals surface area (Å²) in [7, 11) is -3.49. The fraction of sp³-hybridized carbons (Fsp3) is 0.182. The molecule has 0 aliphatic carbocycles. The van der Waals surface area contributed by atoms with E-state index in [1.165, 1.54) is 18.4 Å². The van der Waals surface area contributed by atoms with Crippen molar-refractivity contribution in [2.45, 2.75) is 11.4 Å². The number of nitro benzene ring substituents is 1. The Labute approximate surface area is 114 Å². The van der Waals surface area contributed by atoms with E-state index in [0.717, 1.165) is 12.3 Å². The van der Waals surface area contributed by atoms with Crippen LogP contribution in [0.25, 0.3) is 0 Å². The standard InChI is InChI=1S/C11H11N3O5S/c1-20(17,18)9-2-3-10(11(6-9)14(15)16)12-7-8-4-5-19-13-8/h2-6,12H,7H2,1H3. The molecule has 0 bridgehead atoms. The number of nitrogens with one attached hydrogen (secondary N) is 1. The third-order valence-electron chi connectivity index (χ3n) is 2.55. The molecule has 2 rings (SSSR count). The van der Waals surface area contributed by atoms with Gasteiger partial charge in [-0.15, -0.1) is 0 Å². The molecule has 0 aliphatic rings. The molecule has 1 N–H and O–H groups in total. The molecule has 8 nitrogen and oxygen atoms in total. The molecular weight excluding hydrogens is 286 g/mol. The van der Waals surface area contributed by atoms with Gasteiger partial charge in [0.05, 0.1) is 16.4 Å². The zero-order valence-electron chi connectivity index (χ0n) is 10.4. The Morgan fingerprint density at radius 1 is 1.40 bits per heavy atom. The van der Waals surface area contributed by atoms with E-state index in [4.69, 9.17) is 0 Å². The average Bonchev–Trinajstić information content (AvgIpc) is 2.88. The van der Waals surface area contributed by atoms with Crippen LogP contribution in [0, 0.1) is 10.1 Å². The Morgan fingerprint density at radius 3 is 2.70 bits per heavy atom. The second-order valence-corrected chi connectivity index (χ2v) is 6.07. The van der Waals surface area contributed by atoms with Crippen LogP contribution in [0.3, 0.4) is 0 Å². The van der Waals surface area contributed by atoms with E-state index in [2.05, 4.69) is 15.0 Å². The Hall–Kier alpha value is -2.42. The normalized spacial score (nSPS) is 11.2. The van der Waals surface area contributed by atoms with Crippen molar-refractivity contribution in [1.29, 1.82) is 0 Å². The highest BCUT2D eigenvalue weighted by molar-refractivity contribution is 7.90. The number of hydrogen-bond acceptors (Lipinski definition) is 7. The lowest BCUT2D eigenvalue weighted by Gasteiger charge is -2.06. The van der Waals surface area contributed by atoms with Crippen LogP contribution in [0.2, 0.25) is 0 Å². The minimum absolute atomic E-state index is 0.101. The summed E-state index contributed by atoms with van der Waals surface area (Å²) in [6, 6.07) is 5.31. The maximum atomic E-state index is 11.4. The third kappa shape index (κ3) is 3.12. The van der Waals surface area contributed by atoms with Gasteiger partial charge < -0.3 is 9.84 Å². The Bertz CT molecular complexity index is 725. The largest absolute Gasteiger partial charge is 0.374 e. The monoisotopic (exact) mass is 297 g/mol. The highest BCUT2D eigenvalue weighted by Gasteiger charge is 2.18. The number of anilines is 1. The second kappa shape index (κ2) is 5.29. The van der Waals surface area contributed by atoms with Crippen molar-refractivity contribution in [1.82, 2.24) is 5.16 Å². The van der Waals surface area contributed by atoms with E-state index in [9.17, 15) is 18.5 Å². The maximum absolute atomic E-state index is 11.4. The summed E-state index contributed by atoms with van der Waals surface area (Å²) < 4.78 is 27.4. The van der Waals surface area contributed by atoms with Crippen molar-refractivity contribution in [3.63, 3.8) is 0 Å². The van der Waals surface area contributed by atoms with Crippen molar-refractivity contribution in [2.24, 2.45) is 0 Å². The molecule has 20 heavy (non-hydrogen) atoms. The first-order valence-corrected chi connectivity index (χ1v) is 7.38. The maximum Gasteiger partial charge on any atom is 0.293 e. The molecule has 0 atom stereocenters. The number of nitro groups is 1. The molecule has 1 aromatic carbocycles. The summed E-state index contributed by atoms with van der Waals surface area (Å²) in [6.07, 6.45) is 2.38. The number of aromatic nitrogens is 1. The minimum Gasteiger partial charge on any atom is -0.374 e. The lowest BCUT2D eigenvalue weighted by molar-refractivity contribution is -0.384. The number of hydrogen-bond donors (Lipinski definition) is 1. The molecular formula is C11H11N3O5S. The zero-order chi connectivity index (χ0) is 14.8. The van der Waals surface area contributed by atoms with Gasteiger partial charge in [-0.25, -0.2) is 8.42 Å². The molecule has 1 aromatic heterocycles. The van der Waals surface area contributed by atoms with Crippen LogP contribution in [0.5, 0.6) is 0 Å². The molecule has 0 amide bonds. The summed E-state index contributed by atoms with van der Waals surface area (Å²) in [4.78, 5) is 10.3. The molecule has 0 unspecified atom stereocenters. The first-order valence-electron chi connectivity index (χ1n) is 5.49. The third-order valence-corrected chi connectivity index (χ3v) is 3.66. The molecule has 0 spiro atoms. The summed E-state index contributed by atoms with van der Waals surface area (Å²) in [5, 5.41) is 17.5. The van der Waals surface area contributed by atoms with Gasteiger partial charge in [0, 0.05) is 18.4 Å². The van der Waals surface area contributed by atoms with E-state index < -0.39 is 14.8 Å². The fourth-order valence-corrected chi connectivity index (χ4v) is 2.20. The van der Waals surface area contributed by atoms with Crippen LogP contribution in [0.1, 0.15) is 5.69 Å². The summed E-state index contributed by atoms with van der Waals surface area (Å²) >= 11 is 0. The number of benzene rings is 1. The van der Waals surface area contributed by atoms with E-state index in [1.807, 2.05) is 0 Å². The molecule has 2 aromatic rings. The average molecular weight is 297 g/mol. The van der Waals surface area contributed by atoms with Crippen LogP contribution < -0.4 is 5.32 Å². The van der Waals surface area contributed by atoms with Gasteiger partial charge >= 0.3 is 0 Å². The first-order chi connectivity index (χ1) is 9.38. The number of rotatable bonds is 5. The van der Waals surface area contributed by atoms with Crippen LogP contribution in [0.15, 0.2) is 39.9 Å². The Morgan fingerprint density at radius 2 is 2.15 bits per heavy atom. The Balaban J connectivity index is 2.31. The van der Waals surface area contributed by atoms with Crippen molar-refractivity contribution in [3.05, 3.63) is 46.3 Å². The van der Waals surface area contributed by atoms with Gasteiger partial charge in [-0.2, -0.15) is 0 Å². The molecule has 0 aliphatic heterocycles. The summed E-state index contributed by atoms with van der Waals surface area (Å²) in [5.41, 5.74) is 0.480. The van der Waals surface area contributed by atoms with Crippen molar-refractivity contribution < 1.29 is 17.9 Å². The number of sulfone groups is 1. The fourth-order valence-electron chi connectivity index (χ4n) is 1.56. The minimum atomic E-state index is -3.49. The van der Waals surface area contributed by atoms with Gasteiger partial charge in [0.25, 0.3) is 5.69 Å². The summed E-state index contributed by atoms with van der Waals surface area (Å²) in [6.45, 7) is 0.232. The van der Waals surface area contributed by atoms with Crippen LogP contribution >= 0.6 is 0 Å². The van der Waals surface area contributed by atoms with E-state index in [-0.39, 0.29) is 22.8 Å². The van der Waals surface area contributed by atoms with Crippen molar-refractivity contribution in [2.75, 3.05) is 11.6 Å². The molecule has 0 radical (unpaired) electrons. The first kappa shape index (κ1) is 14.0. The molecule has 0 fully saturated rings. The van der Waals surface area contributed by atoms with Gasteiger partial charge in [-0.3, -0.25) is 10.1 Å². The van der Waals surface area contributed by atoms with Crippen molar-refractivity contribution >= 4 is 21.2 Å². The molecule has 1 heterocycles.